The Kier molecular flexibility index (Phi) is 4.38. The van der Waals surface area contributed by atoms with Crippen molar-refractivity contribution in [1.82, 2.24) is 0 Å². The molecule has 24 heavy (non-hydrogen) atoms. The van der Waals surface area contributed by atoms with Crippen molar-refractivity contribution in [1.29, 1.82) is 0 Å². The third-order valence-corrected chi connectivity index (χ3v) is 3.53. The summed E-state index contributed by atoms with van der Waals surface area (Å²) in [4.78, 5) is 23.9. The summed E-state index contributed by atoms with van der Waals surface area (Å²) in [5.74, 6) is -1.70. The Morgan fingerprint density at radius 1 is 0.750 bits per heavy atom. The Morgan fingerprint density at radius 3 is 2.00 bits per heavy atom. The van der Waals surface area contributed by atoms with Crippen LogP contribution >= 0.6 is 0 Å². The highest BCUT2D eigenvalue weighted by Gasteiger charge is 2.20. The summed E-state index contributed by atoms with van der Waals surface area (Å²) in [6, 6.07) is 22.5. The van der Waals surface area contributed by atoms with Crippen LogP contribution in [-0.2, 0) is 0 Å². The highest BCUT2D eigenvalue weighted by atomic mass is 16.5. The molecule has 0 bridgehead atoms. The molecule has 1 N–H and O–H groups in total. The molecule has 0 aliphatic heterocycles. The molecular weight excluding hydrogens is 304 g/mol. The Balaban J connectivity index is 2.08. The van der Waals surface area contributed by atoms with Crippen LogP contribution < -0.4 is 4.74 Å². The van der Waals surface area contributed by atoms with Gasteiger partial charge in [-0.2, -0.15) is 0 Å². The standard InChI is InChI=1S/C20H14O4/c21-19(22)17-13-7-12-16(14-8-3-1-4-9-14)18(17)24-20(23)15-10-5-2-6-11-15/h1-13H,(H,21,22). The van der Waals surface area contributed by atoms with E-state index in [4.69, 9.17) is 4.74 Å². The summed E-state index contributed by atoms with van der Waals surface area (Å²) in [7, 11) is 0. The van der Waals surface area contributed by atoms with Crippen LogP contribution in [0.5, 0.6) is 5.75 Å². The number of carbonyl (C=O) groups excluding carboxylic acids is 1. The van der Waals surface area contributed by atoms with Gasteiger partial charge in [0.1, 0.15) is 5.56 Å². The first-order valence-electron chi connectivity index (χ1n) is 7.36. The molecule has 0 aliphatic carbocycles. The molecule has 0 heterocycles. The average Bonchev–Trinajstić information content (AvgIpc) is 2.63. The molecule has 0 amide bonds. The number of carboxylic acid groups (broad SMARTS) is 1. The second kappa shape index (κ2) is 6.79. The normalized spacial score (nSPS) is 10.2. The molecule has 0 saturated carbocycles. The summed E-state index contributed by atoms with van der Waals surface area (Å²) in [6.07, 6.45) is 0. The number of carboxylic acids is 1. The zero-order chi connectivity index (χ0) is 16.9. The number of benzene rings is 3. The third kappa shape index (κ3) is 3.17. The Morgan fingerprint density at radius 2 is 1.38 bits per heavy atom. The van der Waals surface area contributed by atoms with Crippen LogP contribution in [0, 0.1) is 0 Å². The van der Waals surface area contributed by atoms with Crippen molar-refractivity contribution in [2.75, 3.05) is 0 Å². The Bertz CT molecular complexity index is 871. The molecule has 0 fully saturated rings. The maximum Gasteiger partial charge on any atom is 0.343 e. The minimum absolute atomic E-state index is 0.0463. The van der Waals surface area contributed by atoms with Crippen LogP contribution in [0.1, 0.15) is 20.7 Å². The molecule has 0 saturated heterocycles. The monoisotopic (exact) mass is 318 g/mol. The second-order valence-electron chi connectivity index (χ2n) is 5.11. The van der Waals surface area contributed by atoms with Gasteiger partial charge in [-0.05, 0) is 23.8 Å². The number of para-hydroxylation sites is 1. The summed E-state index contributed by atoms with van der Waals surface area (Å²) in [6.45, 7) is 0. The van der Waals surface area contributed by atoms with Gasteiger partial charge in [0.05, 0.1) is 5.56 Å². The van der Waals surface area contributed by atoms with Crippen LogP contribution in [0.25, 0.3) is 11.1 Å². The minimum atomic E-state index is -1.15. The molecule has 4 heteroatoms. The van der Waals surface area contributed by atoms with Crippen LogP contribution in [0.15, 0.2) is 78.9 Å². The van der Waals surface area contributed by atoms with Gasteiger partial charge in [-0.3, -0.25) is 0 Å². The van der Waals surface area contributed by atoms with Crippen molar-refractivity contribution in [3.8, 4) is 16.9 Å². The minimum Gasteiger partial charge on any atom is -0.478 e. The van der Waals surface area contributed by atoms with Crippen molar-refractivity contribution in [3.05, 3.63) is 90.0 Å². The van der Waals surface area contributed by atoms with Gasteiger partial charge >= 0.3 is 11.9 Å². The number of carbonyl (C=O) groups is 2. The van der Waals surface area contributed by atoms with Gasteiger partial charge in [-0.25, -0.2) is 9.59 Å². The fourth-order valence-electron chi connectivity index (χ4n) is 2.39. The number of esters is 1. The second-order valence-corrected chi connectivity index (χ2v) is 5.11. The SMILES string of the molecule is O=C(Oc1c(C(=O)O)cccc1-c1ccccc1)c1ccccc1. The van der Waals surface area contributed by atoms with Crippen molar-refractivity contribution in [3.63, 3.8) is 0 Å². The lowest BCUT2D eigenvalue weighted by Crippen LogP contribution is -2.12. The fraction of sp³-hybridized carbons (Fsp3) is 0. The number of aromatic carboxylic acids is 1. The Labute approximate surface area is 139 Å². The largest absolute Gasteiger partial charge is 0.478 e. The van der Waals surface area contributed by atoms with E-state index in [-0.39, 0.29) is 11.3 Å². The van der Waals surface area contributed by atoms with E-state index in [9.17, 15) is 14.7 Å². The van der Waals surface area contributed by atoms with E-state index in [0.717, 1.165) is 5.56 Å². The maximum absolute atomic E-state index is 12.4. The molecular formula is C20H14O4. The maximum atomic E-state index is 12.4. The van der Waals surface area contributed by atoms with Crippen LogP contribution in [-0.4, -0.2) is 17.0 Å². The van der Waals surface area contributed by atoms with Crippen LogP contribution in [0.4, 0.5) is 0 Å². The fourth-order valence-corrected chi connectivity index (χ4v) is 2.39. The van der Waals surface area contributed by atoms with E-state index in [0.29, 0.717) is 11.1 Å². The van der Waals surface area contributed by atoms with Crippen molar-refractivity contribution >= 4 is 11.9 Å². The first kappa shape index (κ1) is 15.5. The summed E-state index contributed by atoms with van der Waals surface area (Å²) in [5, 5.41) is 9.43. The van der Waals surface area contributed by atoms with Crippen molar-refractivity contribution < 1.29 is 19.4 Å². The number of hydrogen-bond acceptors (Lipinski definition) is 3. The molecule has 3 aromatic carbocycles. The van der Waals surface area contributed by atoms with E-state index in [1.54, 1.807) is 42.5 Å². The number of ether oxygens (including phenoxy) is 1. The predicted molar refractivity (Wildman–Crippen MR) is 90.2 cm³/mol. The first-order chi connectivity index (χ1) is 11.7. The lowest BCUT2D eigenvalue weighted by atomic mass is 10.0. The zero-order valence-corrected chi connectivity index (χ0v) is 12.7. The molecule has 4 nitrogen and oxygen atoms in total. The first-order valence-corrected chi connectivity index (χ1v) is 7.36. The highest BCUT2D eigenvalue weighted by Crippen LogP contribution is 2.33. The van der Waals surface area contributed by atoms with Gasteiger partial charge in [0.25, 0.3) is 0 Å². The lowest BCUT2D eigenvalue weighted by molar-refractivity contribution is 0.0682. The molecule has 0 unspecified atom stereocenters. The number of rotatable bonds is 4. The van der Waals surface area contributed by atoms with Gasteiger partial charge in [0.15, 0.2) is 5.75 Å². The summed E-state index contributed by atoms with van der Waals surface area (Å²) < 4.78 is 5.46. The highest BCUT2D eigenvalue weighted by molar-refractivity contribution is 5.98. The molecule has 0 spiro atoms. The van der Waals surface area contributed by atoms with Crippen molar-refractivity contribution in [2.45, 2.75) is 0 Å². The summed E-state index contributed by atoms with van der Waals surface area (Å²) >= 11 is 0. The lowest BCUT2D eigenvalue weighted by Gasteiger charge is -2.13. The summed E-state index contributed by atoms with van der Waals surface area (Å²) in [5.41, 5.74) is 1.63. The van der Waals surface area contributed by atoms with E-state index in [1.165, 1.54) is 6.07 Å². The van der Waals surface area contributed by atoms with Gasteiger partial charge in [0.2, 0.25) is 0 Å². The Hall–Kier alpha value is -3.40. The van der Waals surface area contributed by atoms with Gasteiger partial charge in [0, 0.05) is 5.56 Å². The molecule has 0 atom stereocenters. The van der Waals surface area contributed by atoms with E-state index in [1.807, 2.05) is 30.3 Å². The topological polar surface area (TPSA) is 63.6 Å². The smallest absolute Gasteiger partial charge is 0.343 e. The van der Waals surface area contributed by atoms with Crippen LogP contribution in [0.2, 0.25) is 0 Å². The van der Waals surface area contributed by atoms with Gasteiger partial charge < -0.3 is 9.84 Å². The third-order valence-electron chi connectivity index (χ3n) is 3.53. The van der Waals surface area contributed by atoms with E-state index < -0.39 is 11.9 Å². The average molecular weight is 318 g/mol. The van der Waals surface area contributed by atoms with Crippen LogP contribution in [0.3, 0.4) is 0 Å². The molecule has 3 aromatic rings. The predicted octanol–water partition coefficient (Wildman–Crippen LogP) is 4.27. The van der Waals surface area contributed by atoms with E-state index in [2.05, 4.69) is 0 Å². The molecule has 3 rings (SSSR count). The van der Waals surface area contributed by atoms with Gasteiger partial charge in [-0.15, -0.1) is 0 Å². The van der Waals surface area contributed by atoms with Gasteiger partial charge in [-0.1, -0.05) is 60.7 Å². The zero-order valence-electron chi connectivity index (χ0n) is 12.7. The molecule has 0 aromatic heterocycles. The quantitative estimate of drug-likeness (QED) is 0.576. The molecule has 118 valence electrons. The molecule has 0 aliphatic rings. The van der Waals surface area contributed by atoms with Crippen molar-refractivity contribution in [2.24, 2.45) is 0 Å². The molecule has 0 radical (unpaired) electrons. The number of hydrogen-bond donors (Lipinski definition) is 1. The van der Waals surface area contributed by atoms with E-state index >= 15 is 0 Å².